The van der Waals surface area contributed by atoms with Crippen molar-refractivity contribution in [2.24, 2.45) is 0 Å². The van der Waals surface area contributed by atoms with Gasteiger partial charge in [-0.1, -0.05) is 25.0 Å². The maximum atomic E-state index is 14.9. The first-order chi connectivity index (χ1) is 19.8. The van der Waals surface area contributed by atoms with Crippen molar-refractivity contribution in [2.45, 2.75) is 76.8 Å². The van der Waals surface area contributed by atoms with Crippen molar-refractivity contribution in [3.63, 3.8) is 0 Å². The van der Waals surface area contributed by atoms with Crippen molar-refractivity contribution < 1.29 is 40.6 Å². The average molecular weight is 618 g/mol. The highest BCUT2D eigenvalue weighted by Gasteiger charge is 2.29. The van der Waals surface area contributed by atoms with E-state index < -0.39 is 45.6 Å². The minimum atomic E-state index is -4.47. The summed E-state index contributed by atoms with van der Waals surface area (Å²) >= 11 is 0. The van der Waals surface area contributed by atoms with Crippen LogP contribution in [0.5, 0.6) is 11.5 Å². The van der Waals surface area contributed by atoms with Gasteiger partial charge in [-0.25, -0.2) is 17.2 Å². The molecule has 0 fully saturated rings. The Morgan fingerprint density at radius 2 is 1.55 bits per heavy atom. The molecule has 1 aliphatic rings. The molecule has 0 atom stereocenters. The molecule has 0 saturated carbocycles. The molecule has 1 aliphatic carbocycles. The summed E-state index contributed by atoms with van der Waals surface area (Å²) in [4.78, 5) is 2.08. The Kier molecular flexibility index (Phi) is 12.2. The number of phenolic OH excluding ortho intramolecular Hbond substituents is 2. The highest BCUT2D eigenvalue weighted by molar-refractivity contribution is 7.91. The predicted octanol–water partition coefficient (Wildman–Crippen LogP) is 7.65. The van der Waals surface area contributed by atoms with Crippen molar-refractivity contribution in [3.8, 4) is 11.5 Å². The smallest absolute Gasteiger partial charge is 0.390 e. The third-order valence-electron chi connectivity index (χ3n) is 7.72. The van der Waals surface area contributed by atoms with Crippen molar-refractivity contribution in [1.29, 1.82) is 0 Å². The number of hydrogen-bond acceptors (Lipinski definition) is 5. The molecule has 11 heteroatoms. The SMILES string of the molecule is CN(CCCCCCC1=C(c2ccc(F)c(O)c2)CCCc2c1ccc(O)c2F)CCCCS(=O)(=O)CCC(F)(F)F. The van der Waals surface area contributed by atoms with E-state index >= 15 is 0 Å². The summed E-state index contributed by atoms with van der Waals surface area (Å²) in [5, 5.41) is 19.9. The Morgan fingerprint density at radius 3 is 2.24 bits per heavy atom. The van der Waals surface area contributed by atoms with Crippen LogP contribution in [0.4, 0.5) is 22.0 Å². The van der Waals surface area contributed by atoms with Crippen LogP contribution in [0, 0.1) is 11.6 Å². The van der Waals surface area contributed by atoms with Gasteiger partial charge in [-0.2, -0.15) is 13.2 Å². The minimum Gasteiger partial charge on any atom is -0.505 e. The number of allylic oxidation sites excluding steroid dienone is 2. The Hall–Kier alpha value is -2.66. The van der Waals surface area contributed by atoms with Gasteiger partial charge in [-0.3, -0.25) is 0 Å². The third kappa shape index (κ3) is 10.3. The third-order valence-corrected chi connectivity index (χ3v) is 9.46. The lowest BCUT2D eigenvalue weighted by Gasteiger charge is -2.18. The van der Waals surface area contributed by atoms with Crippen LogP contribution in [-0.2, 0) is 16.3 Å². The molecular formula is C31H40F5NO4S. The number of alkyl halides is 3. The molecule has 0 aliphatic heterocycles. The number of fused-ring (bicyclic) bond motifs is 1. The Bertz CT molecular complexity index is 1340. The van der Waals surface area contributed by atoms with Gasteiger partial charge in [0.1, 0.15) is 0 Å². The fourth-order valence-electron chi connectivity index (χ4n) is 5.42. The fourth-order valence-corrected chi connectivity index (χ4v) is 6.81. The maximum Gasteiger partial charge on any atom is 0.390 e. The molecule has 5 nitrogen and oxygen atoms in total. The zero-order valence-electron chi connectivity index (χ0n) is 23.9. The molecule has 0 aromatic heterocycles. The topological polar surface area (TPSA) is 77.8 Å². The standard InChI is InChI=1S/C31H40F5NO4S/c1-37(18-6-7-19-42(40,41)20-16-31(34,35)36)17-5-3-2-4-9-24-23(22-12-14-27(32)29(39)21-22)10-8-11-26-25(24)13-15-28(38)30(26)33/h12-15,21,38-39H,2-11,16-20H2,1H3. The summed E-state index contributed by atoms with van der Waals surface area (Å²) in [5.41, 5.74) is 3.78. The second kappa shape index (κ2) is 15.2. The van der Waals surface area contributed by atoms with Gasteiger partial charge in [0, 0.05) is 0 Å². The summed E-state index contributed by atoms with van der Waals surface area (Å²) < 4.78 is 89.0. The molecule has 3 rings (SSSR count). The van der Waals surface area contributed by atoms with Crippen LogP contribution >= 0.6 is 0 Å². The summed E-state index contributed by atoms with van der Waals surface area (Å²) in [6.07, 6.45) is 1.11. The van der Waals surface area contributed by atoms with Gasteiger partial charge in [0.2, 0.25) is 0 Å². The normalized spacial score (nSPS) is 14.4. The average Bonchev–Trinajstić information content (AvgIpc) is 3.11. The van der Waals surface area contributed by atoms with Crippen molar-refractivity contribution in [3.05, 3.63) is 58.7 Å². The van der Waals surface area contributed by atoms with Gasteiger partial charge in [-0.15, -0.1) is 0 Å². The number of nitrogens with zero attached hydrogens (tertiary/aromatic N) is 1. The zero-order chi connectivity index (χ0) is 30.9. The van der Waals surface area contributed by atoms with E-state index in [1.807, 2.05) is 7.05 Å². The molecule has 2 N–H and O–H groups in total. The summed E-state index contributed by atoms with van der Waals surface area (Å²) in [5.74, 6) is -3.24. The molecule has 0 radical (unpaired) electrons. The first-order valence-electron chi connectivity index (χ1n) is 14.4. The first kappa shape index (κ1) is 33.8. The highest BCUT2D eigenvalue weighted by atomic mass is 32.2. The van der Waals surface area contributed by atoms with Crippen LogP contribution in [0.1, 0.15) is 80.9 Å². The van der Waals surface area contributed by atoms with E-state index in [1.54, 1.807) is 12.1 Å². The number of phenols is 2. The van der Waals surface area contributed by atoms with Crippen LogP contribution in [0.3, 0.4) is 0 Å². The molecule has 234 valence electrons. The predicted molar refractivity (Wildman–Crippen MR) is 155 cm³/mol. The summed E-state index contributed by atoms with van der Waals surface area (Å²) in [6, 6.07) is 7.34. The zero-order valence-corrected chi connectivity index (χ0v) is 24.8. The molecule has 0 saturated heterocycles. The lowest BCUT2D eigenvalue weighted by Crippen LogP contribution is -2.22. The molecule has 0 heterocycles. The fraction of sp³-hybridized carbons (Fsp3) is 0.548. The van der Waals surface area contributed by atoms with Crippen LogP contribution < -0.4 is 0 Å². The minimum absolute atomic E-state index is 0.237. The maximum absolute atomic E-state index is 14.9. The van der Waals surface area contributed by atoms with Gasteiger partial charge >= 0.3 is 6.18 Å². The van der Waals surface area contributed by atoms with Crippen LogP contribution in [-0.4, -0.2) is 61.3 Å². The second-order valence-electron chi connectivity index (χ2n) is 11.1. The number of benzene rings is 2. The molecule has 0 bridgehead atoms. The summed E-state index contributed by atoms with van der Waals surface area (Å²) in [7, 11) is -1.77. The molecule has 0 spiro atoms. The molecular weight excluding hydrogens is 577 g/mol. The second-order valence-corrected chi connectivity index (χ2v) is 13.4. The van der Waals surface area contributed by atoms with E-state index in [4.69, 9.17) is 0 Å². The summed E-state index contributed by atoms with van der Waals surface area (Å²) in [6.45, 7) is 1.46. The van der Waals surface area contributed by atoms with Gasteiger partial charge < -0.3 is 15.1 Å². The van der Waals surface area contributed by atoms with E-state index in [0.717, 1.165) is 48.9 Å². The van der Waals surface area contributed by atoms with Crippen LogP contribution in [0.2, 0.25) is 0 Å². The molecule has 0 unspecified atom stereocenters. The van der Waals surface area contributed by atoms with Gasteiger partial charge in [0.15, 0.2) is 33.0 Å². The first-order valence-corrected chi connectivity index (χ1v) is 16.3. The lowest BCUT2D eigenvalue weighted by molar-refractivity contribution is -0.129. The number of sulfone groups is 1. The van der Waals surface area contributed by atoms with E-state index in [-0.39, 0.29) is 11.5 Å². The van der Waals surface area contributed by atoms with Crippen LogP contribution in [0.25, 0.3) is 11.1 Å². The lowest BCUT2D eigenvalue weighted by atomic mass is 9.88. The van der Waals surface area contributed by atoms with E-state index in [0.29, 0.717) is 56.2 Å². The number of aromatic hydroxyl groups is 2. The van der Waals surface area contributed by atoms with Crippen molar-refractivity contribution in [1.82, 2.24) is 4.90 Å². The van der Waals surface area contributed by atoms with E-state index in [1.165, 1.54) is 18.2 Å². The number of hydrogen-bond donors (Lipinski definition) is 2. The van der Waals surface area contributed by atoms with E-state index in [2.05, 4.69) is 4.90 Å². The Morgan fingerprint density at radius 1 is 0.857 bits per heavy atom. The number of halogens is 5. The number of rotatable bonds is 15. The van der Waals surface area contributed by atoms with E-state index in [9.17, 15) is 40.6 Å². The Labute approximate surface area is 245 Å². The van der Waals surface area contributed by atoms with Crippen molar-refractivity contribution >= 4 is 21.0 Å². The number of unbranched alkanes of at least 4 members (excludes halogenated alkanes) is 4. The Balaban J connectivity index is 1.51. The highest BCUT2D eigenvalue weighted by Crippen LogP contribution is 2.41. The molecule has 0 amide bonds. The van der Waals surface area contributed by atoms with Crippen LogP contribution in [0.15, 0.2) is 30.3 Å². The largest absolute Gasteiger partial charge is 0.505 e. The van der Waals surface area contributed by atoms with Gasteiger partial charge in [0.25, 0.3) is 0 Å². The molecule has 2 aromatic rings. The van der Waals surface area contributed by atoms with Gasteiger partial charge in [-0.05, 0) is 118 Å². The van der Waals surface area contributed by atoms with Gasteiger partial charge in [0.05, 0.1) is 17.9 Å². The monoisotopic (exact) mass is 617 g/mol. The quantitative estimate of drug-likeness (QED) is 0.159. The molecule has 42 heavy (non-hydrogen) atoms. The van der Waals surface area contributed by atoms with Crippen molar-refractivity contribution in [2.75, 3.05) is 31.6 Å². The molecule has 2 aromatic carbocycles.